The monoisotopic (exact) mass is 307 g/mol. The predicted molar refractivity (Wildman–Crippen MR) is 79.4 cm³/mol. The summed E-state index contributed by atoms with van der Waals surface area (Å²) in [6.07, 6.45) is 0.592. The number of carbonyl (C=O) groups is 2. The summed E-state index contributed by atoms with van der Waals surface area (Å²) in [4.78, 5) is 22.8. The maximum atomic E-state index is 11.9. The molecular weight excluding hydrogens is 286 g/mol. The van der Waals surface area contributed by atoms with Crippen molar-refractivity contribution in [3.8, 4) is 0 Å². The quantitative estimate of drug-likeness (QED) is 0.842. The molecular formula is C16H21NO5. The van der Waals surface area contributed by atoms with Crippen molar-refractivity contribution < 1.29 is 24.2 Å². The highest BCUT2D eigenvalue weighted by atomic mass is 16.5. The first-order valence-electron chi connectivity index (χ1n) is 7.39. The van der Waals surface area contributed by atoms with E-state index in [0.717, 1.165) is 18.4 Å². The number of alkyl carbamates (subject to hydrolysis) is 1. The summed E-state index contributed by atoms with van der Waals surface area (Å²) in [5, 5.41) is 11.6. The molecule has 3 atom stereocenters. The summed E-state index contributed by atoms with van der Waals surface area (Å²) in [6, 6.07) is 8.72. The molecule has 0 aromatic heterocycles. The first-order chi connectivity index (χ1) is 10.5. The summed E-state index contributed by atoms with van der Waals surface area (Å²) in [5.41, 5.74) is 0.873. The fourth-order valence-corrected chi connectivity index (χ4v) is 2.51. The van der Waals surface area contributed by atoms with Crippen LogP contribution in [0.5, 0.6) is 0 Å². The minimum absolute atomic E-state index is 0.0865. The Morgan fingerprint density at radius 1 is 1.36 bits per heavy atom. The molecule has 1 aliphatic heterocycles. The van der Waals surface area contributed by atoms with Crippen molar-refractivity contribution in [2.45, 2.75) is 51.0 Å². The summed E-state index contributed by atoms with van der Waals surface area (Å²) in [6.45, 7) is 2.08. The summed E-state index contributed by atoms with van der Waals surface area (Å²) >= 11 is 0. The van der Waals surface area contributed by atoms with Gasteiger partial charge in [-0.2, -0.15) is 0 Å². The molecule has 2 N–H and O–H groups in total. The second-order valence-corrected chi connectivity index (χ2v) is 5.47. The largest absolute Gasteiger partial charge is 0.481 e. The van der Waals surface area contributed by atoms with Crippen LogP contribution in [-0.4, -0.2) is 35.4 Å². The molecule has 6 nitrogen and oxygen atoms in total. The van der Waals surface area contributed by atoms with Gasteiger partial charge in [0.15, 0.2) is 0 Å². The van der Waals surface area contributed by atoms with Gasteiger partial charge in [0.1, 0.15) is 6.61 Å². The third-order valence-corrected chi connectivity index (χ3v) is 3.62. The van der Waals surface area contributed by atoms with Crippen molar-refractivity contribution in [3.63, 3.8) is 0 Å². The zero-order valence-corrected chi connectivity index (χ0v) is 12.5. The van der Waals surface area contributed by atoms with Crippen LogP contribution in [-0.2, 0) is 20.9 Å². The standard InChI is InChI=1S/C16H21NO5/c1-11-7-8-14(22-11)13(9-15(18)19)17-16(20)21-10-12-5-3-2-4-6-12/h2-6,11,13-14H,7-10H2,1H3,(H,17,20)(H,18,19)/t11?,13-,14?/m0/s1. The predicted octanol–water partition coefficient (Wildman–Crippen LogP) is 2.32. The van der Waals surface area contributed by atoms with E-state index in [2.05, 4.69) is 5.32 Å². The maximum Gasteiger partial charge on any atom is 0.407 e. The molecule has 0 bridgehead atoms. The molecule has 1 amide bonds. The second-order valence-electron chi connectivity index (χ2n) is 5.47. The van der Waals surface area contributed by atoms with Gasteiger partial charge in [0, 0.05) is 0 Å². The molecule has 0 aliphatic carbocycles. The molecule has 1 saturated heterocycles. The fraction of sp³-hybridized carbons (Fsp3) is 0.500. The number of hydrogen-bond donors (Lipinski definition) is 2. The van der Waals surface area contributed by atoms with Crippen LogP contribution in [0.25, 0.3) is 0 Å². The molecule has 2 rings (SSSR count). The number of amides is 1. The van der Waals surface area contributed by atoms with Crippen LogP contribution in [0.3, 0.4) is 0 Å². The highest BCUT2D eigenvalue weighted by Crippen LogP contribution is 2.23. The van der Waals surface area contributed by atoms with E-state index in [9.17, 15) is 9.59 Å². The van der Waals surface area contributed by atoms with E-state index in [-0.39, 0.29) is 25.2 Å². The van der Waals surface area contributed by atoms with Gasteiger partial charge in [-0.15, -0.1) is 0 Å². The first-order valence-corrected chi connectivity index (χ1v) is 7.39. The third-order valence-electron chi connectivity index (χ3n) is 3.62. The molecule has 1 aromatic rings. The van der Waals surface area contributed by atoms with Gasteiger partial charge in [0.25, 0.3) is 0 Å². The van der Waals surface area contributed by atoms with Crippen molar-refractivity contribution in [1.82, 2.24) is 5.32 Å². The average Bonchev–Trinajstić information content (AvgIpc) is 2.92. The SMILES string of the molecule is CC1CCC([C@H](CC(=O)O)NC(=O)OCc2ccccc2)O1. The van der Waals surface area contributed by atoms with E-state index < -0.39 is 18.1 Å². The van der Waals surface area contributed by atoms with Crippen LogP contribution in [0.15, 0.2) is 30.3 Å². The number of hydrogen-bond acceptors (Lipinski definition) is 4. The summed E-state index contributed by atoms with van der Waals surface area (Å²) < 4.78 is 10.8. The van der Waals surface area contributed by atoms with Crippen LogP contribution < -0.4 is 5.32 Å². The molecule has 1 heterocycles. The Balaban J connectivity index is 1.86. The number of rotatable bonds is 6. The Hall–Kier alpha value is -2.08. The molecule has 1 fully saturated rings. The van der Waals surface area contributed by atoms with Crippen LogP contribution in [0.2, 0.25) is 0 Å². The molecule has 0 saturated carbocycles. The lowest BCUT2D eigenvalue weighted by Crippen LogP contribution is -2.44. The normalized spacial score (nSPS) is 22.0. The number of ether oxygens (including phenoxy) is 2. The number of benzene rings is 1. The molecule has 22 heavy (non-hydrogen) atoms. The minimum Gasteiger partial charge on any atom is -0.481 e. The smallest absolute Gasteiger partial charge is 0.407 e. The van der Waals surface area contributed by atoms with Crippen molar-refractivity contribution in [3.05, 3.63) is 35.9 Å². The number of aliphatic carboxylic acids is 1. The maximum absolute atomic E-state index is 11.9. The van der Waals surface area contributed by atoms with Gasteiger partial charge >= 0.3 is 12.1 Å². The molecule has 1 aliphatic rings. The van der Waals surface area contributed by atoms with Gasteiger partial charge in [0.2, 0.25) is 0 Å². The molecule has 1 aromatic carbocycles. The second kappa shape index (κ2) is 7.79. The third kappa shape index (κ3) is 5.04. The Morgan fingerprint density at radius 2 is 2.09 bits per heavy atom. The number of nitrogens with one attached hydrogen (secondary N) is 1. The molecule has 120 valence electrons. The van der Waals surface area contributed by atoms with Gasteiger partial charge in [-0.05, 0) is 25.3 Å². The molecule has 6 heteroatoms. The lowest BCUT2D eigenvalue weighted by molar-refractivity contribution is -0.138. The van der Waals surface area contributed by atoms with Crippen LogP contribution >= 0.6 is 0 Å². The van der Waals surface area contributed by atoms with Gasteiger partial charge in [-0.1, -0.05) is 30.3 Å². The first kappa shape index (κ1) is 16.3. The highest BCUT2D eigenvalue weighted by Gasteiger charge is 2.32. The average molecular weight is 307 g/mol. The van der Waals surface area contributed by atoms with Gasteiger partial charge < -0.3 is 19.9 Å². The zero-order valence-electron chi connectivity index (χ0n) is 12.5. The van der Waals surface area contributed by atoms with Crippen molar-refractivity contribution in [2.24, 2.45) is 0 Å². The minimum atomic E-state index is -0.975. The topological polar surface area (TPSA) is 84.9 Å². The van der Waals surface area contributed by atoms with E-state index in [1.165, 1.54) is 0 Å². The number of carboxylic acids is 1. The Labute approximate surface area is 129 Å². The van der Waals surface area contributed by atoms with Crippen LogP contribution in [0.4, 0.5) is 4.79 Å². The van der Waals surface area contributed by atoms with Gasteiger partial charge in [0.05, 0.1) is 24.7 Å². The van der Waals surface area contributed by atoms with Crippen molar-refractivity contribution in [1.29, 1.82) is 0 Å². The summed E-state index contributed by atoms with van der Waals surface area (Å²) in [5.74, 6) is -0.975. The fourth-order valence-electron chi connectivity index (χ4n) is 2.51. The number of carboxylic acid groups (broad SMARTS) is 1. The highest BCUT2D eigenvalue weighted by molar-refractivity contribution is 5.71. The van der Waals surface area contributed by atoms with Crippen LogP contribution in [0.1, 0.15) is 31.7 Å². The summed E-state index contributed by atoms with van der Waals surface area (Å²) in [7, 11) is 0. The Morgan fingerprint density at radius 3 is 2.68 bits per heavy atom. The van der Waals surface area contributed by atoms with Crippen molar-refractivity contribution in [2.75, 3.05) is 0 Å². The van der Waals surface area contributed by atoms with E-state index >= 15 is 0 Å². The Bertz CT molecular complexity index is 505. The molecule has 0 spiro atoms. The van der Waals surface area contributed by atoms with Crippen LogP contribution in [0, 0.1) is 0 Å². The lowest BCUT2D eigenvalue weighted by atomic mass is 10.0. The lowest BCUT2D eigenvalue weighted by Gasteiger charge is -2.23. The van der Waals surface area contributed by atoms with Crippen molar-refractivity contribution >= 4 is 12.1 Å². The van der Waals surface area contributed by atoms with E-state index in [1.807, 2.05) is 37.3 Å². The van der Waals surface area contributed by atoms with E-state index in [1.54, 1.807) is 0 Å². The number of carbonyl (C=O) groups excluding carboxylic acids is 1. The molecule has 2 unspecified atom stereocenters. The Kier molecular flexibility index (Phi) is 5.77. The van der Waals surface area contributed by atoms with E-state index in [0.29, 0.717) is 0 Å². The zero-order chi connectivity index (χ0) is 15.9. The van der Waals surface area contributed by atoms with Gasteiger partial charge in [-0.3, -0.25) is 4.79 Å². The van der Waals surface area contributed by atoms with E-state index in [4.69, 9.17) is 14.6 Å². The molecule has 0 radical (unpaired) electrons. The van der Waals surface area contributed by atoms with Gasteiger partial charge in [-0.25, -0.2) is 4.79 Å².